The van der Waals surface area contributed by atoms with Crippen molar-refractivity contribution >= 4 is 22.5 Å². The van der Waals surface area contributed by atoms with Gasteiger partial charge in [0.05, 0.1) is 33.9 Å². The summed E-state index contributed by atoms with van der Waals surface area (Å²) in [5.74, 6) is -0.541. The molecule has 7 heteroatoms. The van der Waals surface area contributed by atoms with E-state index in [0.717, 1.165) is 5.56 Å². The van der Waals surface area contributed by atoms with Crippen molar-refractivity contribution in [3.63, 3.8) is 0 Å². The van der Waals surface area contributed by atoms with Crippen LogP contribution in [-0.4, -0.2) is 52.7 Å². The maximum absolute atomic E-state index is 14.3. The molecule has 1 aromatic heterocycles. The van der Waals surface area contributed by atoms with Crippen LogP contribution in [0, 0.1) is 17.1 Å². The lowest BCUT2D eigenvalue weighted by Crippen LogP contribution is -2.46. The van der Waals surface area contributed by atoms with E-state index in [4.69, 9.17) is 0 Å². The van der Waals surface area contributed by atoms with Gasteiger partial charge in [0.1, 0.15) is 5.82 Å². The van der Waals surface area contributed by atoms with E-state index in [0.29, 0.717) is 74.0 Å². The van der Waals surface area contributed by atoms with E-state index < -0.39 is 11.0 Å². The Morgan fingerprint density at radius 2 is 1.74 bits per heavy atom. The molecule has 0 unspecified atom stereocenters. The summed E-state index contributed by atoms with van der Waals surface area (Å²) in [6.07, 6.45) is 3.82. The van der Waals surface area contributed by atoms with E-state index in [2.05, 4.69) is 16.0 Å². The number of piperidine rings is 2. The highest BCUT2D eigenvalue weighted by Crippen LogP contribution is 2.40. The zero-order chi connectivity index (χ0) is 24.6. The molecule has 6 nitrogen and oxygen atoms in total. The first-order valence-corrected chi connectivity index (χ1v) is 12.1. The maximum Gasteiger partial charge on any atom is 0.257 e. The topological polar surface area (TPSA) is 80.5 Å². The number of benzene rings is 2. The van der Waals surface area contributed by atoms with Gasteiger partial charge in [0.15, 0.2) is 0 Å². The van der Waals surface area contributed by atoms with E-state index >= 15 is 0 Å². The molecule has 2 aliphatic rings. The molecule has 2 saturated heterocycles. The van der Waals surface area contributed by atoms with Crippen LogP contribution >= 0.6 is 0 Å². The minimum Gasteiger partial charge on any atom is -0.390 e. The molecule has 2 aliphatic heterocycles. The van der Waals surface area contributed by atoms with Crippen molar-refractivity contribution in [3.05, 3.63) is 71.7 Å². The molecule has 0 spiro atoms. The first-order chi connectivity index (χ1) is 16.8. The maximum atomic E-state index is 14.3. The number of rotatable bonds is 3. The van der Waals surface area contributed by atoms with Crippen LogP contribution in [-0.2, 0) is 5.41 Å². The van der Waals surface area contributed by atoms with Crippen LogP contribution in [0.15, 0.2) is 54.7 Å². The monoisotopic (exact) mass is 472 g/mol. The Hall–Kier alpha value is -3.50. The molecule has 3 aromatic rings. The Bertz CT molecular complexity index is 1280. The second kappa shape index (κ2) is 8.94. The molecular weight excluding hydrogens is 443 g/mol. The fourth-order valence-electron chi connectivity index (χ4n) is 5.34. The molecule has 1 N–H and O–H groups in total. The molecule has 1 amide bonds. The van der Waals surface area contributed by atoms with Crippen molar-refractivity contribution in [2.24, 2.45) is 0 Å². The van der Waals surface area contributed by atoms with E-state index in [1.165, 1.54) is 12.1 Å². The Kier molecular flexibility index (Phi) is 5.94. The van der Waals surface area contributed by atoms with Crippen LogP contribution in [0.5, 0.6) is 0 Å². The minimum atomic E-state index is -0.769. The van der Waals surface area contributed by atoms with Gasteiger partial charge < -0.3 is 14.9 Å². The van der Waals surface area contributed by atoms with Gasteiger partial charge in [-0.2, -0.15) is 5.26 Å². The summed E-state index contributed by atoms with van der Waals surface area (Å²) in [5.41, 5.74) is 1.39. The Morgan fingerprint density at radius 1 is 1.06 bits per heavy atom. The molecule has 0 aliphatic carbocycles. The zero-order valence-corrected chi connectivity index (χ0v) is 19.9. The lowest BCUT2D eigenvalue weighted by molar-refractivity contribution is -0.00201. The second-order valence-corrected chi connectivity index (χ2v) is 10.0. The highest BCUT2D eigenvalue weighted by Gasteiger charge is 2.38. The van der Waals surface area contributed by atoms with Crippen LogP contribution < -0.4 is 4.90 Å². The molecule has 0 saturated carbocycles. The van der Waals surface area contributed by atoms with Crippen LogP contribution in [0.1, 0.15) is 48.5 Å². The highest BCUT2D eigenvalue weighted by molar-refractivity contribution is 6.07. The van der Waals surface area contributed by atoms with E-state index in [1.807, 2.05) is 30.3 Å². The number of carbonyl (C=O) groups is 1. The number of nitriles is 1. The molecule has 2 fully saturated rings. The van der Waals surface area contributed by atoms with Gasteiger partial charge in [-0.3, -0.25) is 9.78 Å². The van der Waals surface area contributed by atoms with Gasteiger partial charge in [0, 0.05) is 37.8 Å². The SMILES string of the molecule is CC1(O)CCN(C(=O)c2cnc3ccc(F)cc3c2N2CCC(C#N)(c3ccccc3)CC2)CC1. The summed E-state index contributed by atoms with van der Waals surface area (Å²) < 4.78 is 14.3. The lowest BCUT2D eigenvalue weighted by Gasteiger charge is -2.40. The Balaban J connectivity index is 1.51. The van der Waals surface area contributed by atoms with Crippen LogP contribution in [0.25, 0.3) is 10.9 Å². The van der Waals surface area contributed by atoms with Gasteiger partial charge in [-0.05, 0) is 56.4 Å². The van der Waals surface area contributed by atoms with E-state index in [9.17, 15) is 19.6 Å². The number of hydrogen-bond acceptors (Lipinski definition) is 5. The quantitative estimate of drug-likeness (QED) is 0.610. The smallest absolute Gasteiger partial charge is 0.257 e. The fourth-order valence-corrected chi connectivity index (χ4v) is 5.34. The summed E-state index contributed by atoms with van der Waals surface area (Å²) in [6.45, 7) is 3.83. The molecule has 3 heterocycles. The van der Waals surface area contributed by atoms with Gasteiger partial charge >= 0.3 is 0 Å². The number of fused-ring (bicyclic) bond motifs is 1. The number of amides is 1. The molecule has 5 rings (SSSR count). The van der Waals surface area contributed by atoms with Crippen molar-refractivity contribution in [1.29, 1.82) is 5.26 Å². The summed E-state index contributed by atoms with van der Waals surface area (Å²) in [5, 5.41) is 21.0. The normalized spacial score (nSPS) is 19.4. The number of aliphatic hydroxyl groups is 1. The molecule has 180 valence electrons. The number of aromatic nitrogens is 1. The molecule has 0 radical (unpaired) electrons. The third-order valence-corrected chi connectivity index (χ3v) is 7.63. The van der Waals surface area contributed by atoms with Crippen LogP contribution in [0.3, 0.4) is 0 Å². The van der Waals surface area contributed by atoms with Crippen molar-refractivity contribution in [3.8, 4) is 6.07 Å². The van der Waals surface area contributed by atoms with Crippen molar-refractivity contribution in [2.45, 2.75) is 43.6 Å². The van der Waals surface area contributed by atoms with Gasteiger partial charge in [0.2, 0.25) is 0 Å². The molecule has 35 heavy (non-hydrogen) atoms. The van der Waals surface area contributed by atoms with Crippen molar-refractivity contribution in [1.82, 2.24) is 9.88 Å². The zero-order valence-electron chi connectivity index (χ0n) is 19.9. The molecule has 0 atom stereocenters. The molecule has 0 bridgehead atoms. The standard InChI is InChI=1S/C28H29FN4O2/c1-27(35)9-13-33(14-10-27)26(34)23-18-31-24-8-7-21(29)17-22(24)25(23)32-15-11-28(19-30,12-16-32)20-5-3-2-4-6-20/h2-8,17-18,35H,9-16H2,1H3. The number of likely N-dealkylation sites (tertiary alicyclic amines) is 1. The highest BCUT2D eigenvalue weighted by atomic mass is 19.1. The lowest BCUT2D eigenvalue weighted by atomic mass is 9.74. The first-order valence-electron chi connectivity index (χ1n) is 12.1. The summed E-state index contributed by atoms with van der Waals surface area (Å²) in [4.78, 5) is 22.0. The third kappa shape index (κ3) is 4.35. The Morgan fingerprint density at radius 3 is 2.40 bits per heavy atom. The summed E-state index contributed by atoms with van der Waals surface area (Å²) >= 11 is 0. The van der Waals surface area contributed by atoms with E-state index in [-0.39, 0.29) is 11.7 Å². The van der Waals surface area contributed by atoms with Gasteiger partial charge in [-0.1, -0.05) is 30.3 Å². The average molecular weight is 473 g/mol. The Labute approximate surface area is 204 Å². The minimum absolute atomic E-state index is 0.158. The number of anilines is 1. The summed E-state index contributed by atoms with van der Waals surface area (Å²) in [6, 6.07) is 16.8. The average Bonchev–Trinajstić information content (AvgIpc) is 2.88. The largest absolute Gasteiger partial charge is 0.390 e. The second-order valence-electron chi connectivity index (χ2n) is 10.0. The number of pyridine rings is 1. The predicted molar refractivity (Wildman–Crippen MR) is 133 cm³/mol. The molecule has 2 aromatic carbocycles. The number of hydrogen-bond donors (Lipinski definition) is 1. The van der Waals surface area contributed by atoms with Gasteiger partial charge in [-0.15, -0.1) is 0 Å². The van der Waals surface area contributed by atoms with Gasteiger partial charge in [0.25, 0.3) is 5.91 Å². The number of nitrogens with zero attached hydrogens (tertiary/aromatic N) is 4. The number of halogens is 1. The van der Waals surface area contributed by atoms with E-state index in [1.54, 1.807) is 24.1 Å². The fraction of sp³-hybridized carbons (Fsp3) is 0.393. The molecular formula is C28H29FN4O2. The third-order valence-electron chi connectivity index (χ3n) is 7.63. The number of carbonyl (C=O) groups excluding carboxylic acids is 1. The first kappa shape index (κ1) is 23.3. The van der Waals surface area contributed by atoms with Crippen molar-refractivity contribution < 1.29 is 14.3 Å². The van der Waals surface area contributed by atoms with Gasteiger partial charge in [-0.25, -0.2) is 4.39 Å². The van der Waals surface area contributed by atoms with Crippen molar-refractivity contribution in [2.75, 3.05) is 31.1 Å². The van der Waals surface area contributed by atoms with Crippen LogP contribution in [0.4, 0.5) is 10.1 Å². The predicted octanol–water partition coefficient (Wildman–Crippen LogP) is 4.42. The summed E-state index contributed by atoms with van der Waals surface area (Å²) in [7, 11) is 0. The van der Waals surface area contributed by atoms with Crippen LogP contribution in [0.2, 0.25) is 0 Å².